The molecule has 1 aromatic carbocycles. The topological polar surface area (TPSA) is 84.3 Å². The van der Waals surface area contributed by atoms with E-state index in [0.29, 0.717) is 18.3 Å². The van der Waals surface area contributed by atoms with Crippen molar-refractivity contribution in [2.75, 3.05) is 18.5 Å². The van der Waals surface area contributed by atoms with Crippen LogP contribution in [-0.4, -0.2) is 34.2 Å². The minimum absolute atomic E-state index is 0.0584. The number of nitrogens with zero attached hydrogens (tertiary/aromatic N) is 2. The van der Waals surface area contributed by atoms with Crippen molar-refractivity contribution in [2.45, 2.75) is 12.5 Å². The zero-order valence-electron chi connectivity index (χ0n) is 12.0. The van der Waals surface area contributed by atoms with Crippen molar-refractivity contribution in [3.05, 3.63) is 54.0 Å². The van der Waals surface area contributed by atoms with Gasteiger partial charge in [-0.25, -0.2) is 14.8 Å². The van der Waals surface area contributed by atoms with Crippen molar-refractivity contribution in [1.82, 2.24) is 9.97 Å². The molecule has 1 aromatic heterocycles. The number of nitrogens with one attached hydrogen (secondary N) is 1. The predicted octanol–water partition coefficient (Wildman–Crippen LogP) is 2.36. The third-order valence-electron chi connectivity index (χ3n) is 3.76. The zero-order chi connectivity index (χ0) is 15.4. The Hall–Kier alpha value is -2.47. The maximum absolute atomic E-state index is 10.7. The number of carbonyl (C=O) groups is 1. The van der Waals surface area contributed by atoms with Gasteiger partial charge in [-0.2, -0.15) is 0 Å². The molecule has 2 N–H and O–H groups in total. The molecule has 0 bridgehead atoms. The first kappa shape index (κ1) is 14.5. The maximum Gasteiger partial charge on any atom is 0.356 e. The Morgan fingerprint density at radius 3 is 2.77 bits per heavy atom. The first-order valence-electron chi connectivity index (χ1n) is 7.20. The van der Waals surface area contributed by atoms with E-state index >= 15 is 0 Å². The molecule has 0 radical (unpaired) electrons. The zero-order valence-corrected chi connectivity index (χ0v) is 12.0. The Bertz CT molecular complexity index is 631. The van der Waals surface area contributed by atoms with Crippen molar-refractivity contribution in [3.63, 3.8) is 0 Å². The van der Waals surface area contributed by atoms with Gasteiger partial charge < -0.3 is 15.2 Å². The quantitative estimate of drug-likeness (QED) is 0.881. The molecule has 114 valence electrons. The third kappa shape index (κ3) is 3.23. The first-order chi connectivity index (χ1) is 10.7. The highest BCUT2D eigenvalue weighted by atomic mass is 16.5. The molecule has 3 rings (SSSR count). The van der Waals surface area contributed by atoms with E-state index < -0.39 is 5.97 Å². The second kappa shape index (κ2) is 6.53. The molecule has 2 atom stereocenters. The lowest BCUT2D eigenvalue weighted by molar-refractivity contribution is 0.0690. The van der Waals surface area contributed by atoms with Crippen LogP contribution < -0.4 is 5.32 Å². The summed E-state index contributed by atoms with van der Waals surface area (Å²) in [6.07, 6.45) is 3.76. The molecule has 0 aliphatic carbocycles. The summed E-state index contributed by atoms with van der Waals surface area (Å²) < 4.78 is 5.84. The van der Waals surface area contributed by atoms with Crippen LogP contribution in [0.5, 0.6) is 0 Å². The van der Waals surface area contributed by atoms with Gasteiger partial charge >= 0.3 is 5.97 Å². The Morgan fingerprint density at radius 1 is 1.27 bits per heavy atom. The summed E-state index contributed by atoms with van der Waals surface area (Å²) in [7, 11) is 0. The Labute approximate surface area is 128 Å². The van der Waals surface area contributed by atoms with Gasteiger partial charge in [0.1, 0.15) is 5.82 Å². The normalized spacial score (nSPS) is 20.7. The van der Waals surface area contributed by atoms with E-state index in [1.54, 1.807) is 0 Å². The van der Waals surface area contributed by atoms with Crippen LogP contribution in [0.25, 0.3) is 0 Å². The highest BCUT2D eigenvalue weighted by Crippen LogP contribution is 2.34. The summed E-state index contributed by atoms with van der Waals surface area (Å²) in [6.45, 7) is 1.45. The fourth-order valence-electron chi connectivity index (χ4n) is 2.62. The summed E-state index contributed by atoms with van der Waals surface area (Å²) in [4.78, 5) is 18.6. The Morgan fingerprint density at radius 2 is 2.09 bits per heavy atom. The standard InChI is InChI=1S/C16H17N3O3/c20-16(21)13-9-19-14(10-17-13)18-8-12-6-7-22-15(12)11-4-2-1-3-5-11/h1-5,9-10,12,15H,6-8H2,(H,18,19)(H,20,21)/t12-,15-/m1/s1. The van der Waals surface area contributed by atoms with Crippen LogP contribution in [0.4, 0.5) is 5.82 Å². The number of hydrogen-bond acceptors (Lipinski definition) is 5. The van der Waals surface area contributed by atoms with Gasteiger partial charge in [0.25, 0.3) is 0 Å². The number of rotatable bonds is 5. The summed E-state index contributed by atoms with van der Waals surface area (Å²) >= 11 is 0. The lowest BCUT2D eigenvalue weighted by Crippen LogP contribution is -2.18. The van der Waals surface area contributed by atoms with E-state index in [1.165, 1.54) is 18.0 Å². The fraction of sp³-hybridized carbons (Fsp3) is 0.312. The highest BCUT2D eigenvalue weighted by Gasteiger charge is 2.29. The van der Waals surface area contributed by atoms with Crippen LogP contribution in [-0.2, 0) is 4.74 Å². The van der Waals surface area contributed by atoms with E-state index in [1.807, 2.05) is 18.2 Å². The smallest absolute Gasteiger partial charge is 0.356 e. The van der Waals surface area contributed by atoms with Crippen LogP contribution in [0.2, 0.25) is 0 Å². The number of carboxylic acids is 1. The van der Waals surface area contributed by atoms with E-state index in [4.69, 9.17) is 9.84 Å². The van der Waals surface area contributed by atoms with Gasteiger partial charge in [-0.3, -0.25) is 0 Å². The minimum Gasteiger partial charge on any atom is -0.476 e. The first-order valence-corrected chi connectivity index (χ1v) is 7.20. The monoisotopic (exact) mass is 299 g/mol. The second-order valence-corrected chi connectivity index (χ2v) is 5.22. The van der Waals surface area contributed by atoms with Gasteiger partial charge in [0.2, 0.25) is 0 Å². The number of carboxylic acid groups (broad SMARTS) is 1. The molecule has 0 unspecified atom stereocenters. The molecule has 0 amide bonds. The van der Waals surface area contributed by atoms with Crippen LogP contribution in [0, 0.1) is 5.92 Å². The number of aromatic carboxylic acids is 1. The molecular weight excluding hydrogens is 282 g/mol. The Balaban J connectivity index is 1.62. The average molecular weight is 299 g/mol. The number of anilines is 1. The van der Waals surface area contributed by atoms with E-state index in [-0.39, 0.29) is 11.8 Å². The largest absolute Gasteiger partial charge is 0.476 e. The summed E-state index contributed by atoms with van der Waals surface area (Å²) in [5.41, 5.74) is 1.12. The van der Waals surface area contributed by atoms with Gasteiger partial charge in [0.15, 0.2) is 5.69 Å². The highest BCUT2D eigenvalue weighted by molar-refractivity contribution is 5.84. The van der Waals surface area contributed by atoms with Gasteiger partial charge in [-0.1, -0.05) is 30.3 Å². The molecule has 0 spiro atoms. The van der Waals surface area contributed by atoms with E-state index in [0.717, 1.165) is 13.0 Å². The van der Waals surface area contributed by atoms with Gasteiger partial charge in [0, 0.05) is 19.1 Å². The molecule has 1 aliphatic heterocycles. The van der Waals surface area contributed by atoms with Crippen molar-refractivity contribution in [2.24, 2.45) is 5.92 Å². The maximum atomic E-state index is 10.7. The molecular formula is C16H17N3O3. The summed E-state index contributed by atoms with van der Waals surface area (Å²) in [5.74, 6) is -0.153. The van der Waals surface area contributed by atoms with Gasteiger partial charge in [-0.15, -0.1) is 0 Å². The molecule has 6 heteroatoms. The molecule has 1 fully saturated rings. The molecule has 22 heavy (non-hydrogen) atoms. The molecule has 1 aliphatic rings. The fourth-order valence-corrected chi connectivity index (χ4v) is 2.62. The van der Waals surface area contributed by atoms with Gasteiger partial charge in [-0.05, 0) is 12.0 Å². The van der Waals surface area contributed by atoms with Crippen LogP contribution in [0.1, 0.15) is 28.6 Å². The van der Waals surface area contributed by atoms with Crippen LogP contribution >= 0.6 is 0 Å². The SMILES string of the molecule is O=C(O)c1cnc(NC[C@H]2CCO[C@@H]2c2ccccc2)cn1. The molecule has 0 saturated carbocycles. The number of aromatic nitrogens is 2. The van der Waals surface area contributed by atoms with Crippen LogP contribution in [0.3, 0.4) is 0 Å². The number of benzene rings is 1. The van der Waals surface area contributed by atoms with E-state index in [2.05, 4.69) is 27.4 Å². The lowest BCUT2D eigenvalue weighted by Gasteiger charge is -2.19. The predicted molar refractivity (Wildman–Crippen MR) is 80.7 cm³/mol. The average Bonchev–Trinajstić information content (AvgIpc) is 3.02. The van der Waals surface area contributed by atoms with E-state index in [9.17, 15) is 4.79 Å². The van der Waals surface area contributed by atoms with Crippen molar-refractivity contribution in [1.29, 1.82) is 0 Å². The minimum atomic E-state index is -1.08. The van der Waals surface area contributed by atoms with Crippen LogP contribution in [0.15, 0.2) is 42.7 Å². The molecule has 2 aromatic rings. The Kier molecular flexibility index (Phi) is 4.29. The number of ether oxygens (including phenoxy) is 1. The summed E-state index contributed by atoms with van der Waals surface area (Å²) in [5, 5.41) is 12.0. The molecule has 6 nitrogen and oxygen atoms in total. The van der Waals surface area contributed by atoms with Crippen molar-refractivity contribution < 1.29 is 14.6 Å². The third-order valence-corrected chi connectivity index (χ3v) is 3.76. The van der Waals surface area contributed by atoms with Crippen molar-refractivity contribution >= 4 is 11.8 Å². The number of hydrogen-bond donors (Lipinski definition) is 2. The second-order valence-electron chi connectivity index (χ2n) is 5.22. The van der Waals surface area contributed by atoms with Crippen molar-refractivity contribution in [3.8, 4) is 0 Å². The van der Waals surface area contributed by atoms with Gasteiger partial charge in [0.05, 0.1) is 18.5 Å². The summed E-state index contributed by atoms with van der Waals surface area (Å²) in [6, 6.07) is 10.2. The lowest BCUT2D eigenvalue weighted by atomic mass is 9.95. The molecule has 2 heterocycles. The molecule has 1 saturated heterocycles.